The molecule has 9 heteroatoms. The summed E-state index contributed by atoms with van der Waals surface area (Å²) in [4.78, 5) is 40.9. The molecule has 0 aliphatic carbocycles. The number of rotatable bonds is 20. The van der Waals surface area contributed by atoms with Crippen molar-refractivity contribution in [2.45, 2.75) is 192 Å². The first-order chi connectivity index (χ1) is 21.3. The highest BCUT2D eigenvalue weighted by atomic mass is 16.6. The van der Waals surface area contributed by atoms with Crippen LogP contribution < -0.4 is 10.6 Å². The molecule has 0 rings (SSSR count). The van der Waals surface area contributed by atoms with E-state index in [0.717, 1.165) is 12.8 Å². The zero-order valence-electron chi connectivity index (χ0n) is 34.5. The lowest BCUT2D eigenvalue weighted by Gasteiger charge is -2.46. The number of amides is 3. The van der Waals surface area contributed by atoms with E-state index in [4.69, 9.17) is 14.2 Å². The predicted molar refractivity (Wildman–Crippen MR) is 198 cm³/mol. The minimum atomic E-state index is -0.604. The SMILES string of the molecule is CC(C)N(C(=O)C(C)(C)CCC(C)(C)C)C(C)(C)CCOC(C)(C)CCNC(=O)C(C)(C)CCOC(C)(C)CCNC(=O)OC(C)(C)C. The van der Waals surface area contributed by atoms with E-state index in [9.17, 15) is 14.4 Å². The minimum Gasteiger partial charge on any atom is -0.444 e. The van der Waals surface area contributed by atoms with Crippen molar-refractivity contribution in [1.82, 2.24) is 15.5 Å². The van der Waals surface area contributed by atoms with E-state index in [1.807, 2.05) is 62.3 Å². The van der Waals surface area contributed by atoms with Crippen molar-refractivity contribution < 1.29 is 28.6 Å². The molecule has 0 atom stereocenters. The summed E-state index contributed by atoms with van der Waals surface area (Å²) in [6.07, 6.45) is 3.95. The number of ether oxygens (including phenoxy) is 3. The van der Waals surface area contributed by atoms with Crippen molar-refractivity contribution in [2.75, 3.05) is 26.3 Å². The van der Waals surface area contributed by atoms with E-state index in [2.05, 4.69) is 77.8 Å². The summed E-state index contributed by atoms with van der Waals surface area (Å²) in [6, 6.07) is 0.0747. The van der Waals surface area contributed by atoms with Gasteiger partial charge in [0.25, 0.3) is 0 Å². The molecule has 0 aliphatic heterocycles. The number of carbonyl (C=O) groups excluding carboxylic acids is 3. The Bertz CT molecular complexity index is 1020. The van der Waals surface area contributed by atoms with Crippen molar-refractivity contribution in [1.29, 1.82) is 0 Å². The van der Waals surface area contributed by atoms with Gasteiger partial charge in [0.15, 0.2) is 0 Å². The zero-order valence-corrected chi connectivity index (χ0v) is 34.5. The molecule has 9 nitrogen and oxygen atoms in total. The summed E-state index contributed by atoms with van der Waals surface area (Å²) < 4.78 is 17.7. The lowest BCUT2D eigenvalue weighted by molar-refractivity contribution is -0.150. The van der Waals surface area contributed by atoms with Gasteiger partial charge in [0.1, 0.15) is 5.60 Å². The van der Waals surface area contributed by atoms with Gasteiger partial charge in [-0.2, -0.15) is 0 Å². The molecule has 0 heterocycles. The van der Waals surface area contributed by atoms with Crippen LogP contribution in [-0.4, -0.2) is 77.5 Å². The molecule has 0 aromatic rings. The number of nitrogens with one attached hydrogen (secondary N) is 2. The van der Waals surface area contributed by atoms with Crippen molar-refractivity contribution in [3.05, 3.63) is 0 Å². The third-order valence-corrected chi connectivity index (χ3v) is 8.92. The maximum atomic E-state index is 13.9. The van der Waals surface area contributed by atoms with Crippen LogP contribution in [0.2, 0.25) is 0 Å². The summed E-state index contributed by atoms with van der Waals surface area (Å²) in [5.41, 5.74) is -2.67. The molecule has 0 fully saturated rings. The third kappa shape index (κ3) is 18.8. The second-order valence-electron chi connectivity index (χ2n) is 19.3. The van der Waals surface area contributed by atoms with Crippen LogP contribution in [0.1, 0.15) is 163 Å². The molecule has 0 unspecified atom stereocenters. The summed E-state index contributed by atoms with van der Waals surface area (Å²) in [5.74, 6) is 0.174. The maximum Gasteiger partial charge on any atom is 0.407 e. The van der Waals surface area contributed by atoms with Gasteiger partial charge in [-0.05, 0) is 120 Å². The Morgan fingerprint density at radius 3 is 1.48 bits per heavy atom. The Labute approximate surface area is 295 Å². The largest absolute Gasteiger partial charge is 0.444 e. The molecule has 0 saturated heterocycles. The Kier molecular flexibility index (Phi) is 17.2. The van der Waals surface area contributed by atoms with Crippen LogP contribution in [0.5, 0.6) is 0 Å². The summed E-state index contributed by atoms with van der Waals surface area (Å²) >= 11 is 0. The van der Waals surface area contributed by atoms with Crippen LogP contribution in [0.3, 0.4) is 0 Å². The molecule has 3 amide bonds. The van der Waals surface area contributed by atoms with Crippen LogP contribution in [-0.2, 0) is 23.8 Å². The van der Waals surface area contributed by atoms with E-state index < -0.39 is 33.7 Å². The average molecular weight is 684 g/mol. The molecular weight excluding hydrogens is 606 g/mol. The van der Waals surface area contributed by atoms with E-state index in [0.29, 0.717) is 52.0 Å². The zero-order chi connectivity index (χ0) is 38.0. The van der Waals surface area contributed by atoms with Gasteiger partial charge in [-0.1, -0.05) is 48.5 Å². The lowest BCUT2D eigenvalue weighted by atomic mass is 9.78. The molecule has 0 spiro atoms. The molecule has 0 saturated carbocycles. The van der Waals surface area contributed by atoms with Crippen LogP contribution in [0.25, 0.3) is 0 Å². The van der Waals surface area contributed by atoms with Gasteiger partial charge < -0.3 is 29.7 Å². The summed E-state index contributed by atoms with van der Waals surface area (Å²) in [5, 5.41) is 5.87. The Balaban J connectivity index is 4.84. The van der Waals surface area contributed by atoms with E-state index in [1.54, 1.807) is 0 Å². The first kappa shape index (κ1) is 46.1. The fraction of sp³-hybridized carbons (Fsp3) is 0.923. The smallest absolute Gasteiger partial charge is 0.407 e. The fourth-order valence-corrected chi connectivity index (χ4v) is 5.36. The highest BCUT2D eigenvalue weighted by Crippen LogP contribution is 2.36. The van der Waals surface area contributed by atoms with Crippen molar-refractivity contribution in [3.63, 3.8) is 0 Å². The second kappa shape index (κ2) is 17.9. The van der Waals surface area contributed by atoms with Crippen LogP contribution in [0, 0.1) is 16.2 Å². The lowest BCUT2D eigenvalue weighted by Crippen LogP contribution is -2.56. The number of alkyl carbamates (subject to hydrolysis) is 1. The van der Waals surface area contributed by atoms with Gasteiger partial charge >= 0.3 is 6.09 Å². The van der Waals surface area contributed by atoms with Gasteiger partial charge in [-0.15, -0.1) is 0 Å². The highest BCUT2D eigenvalue weighted by Gasteiger charge is 2.41. The molecule has 0 aromatic heterocycles. The number of carbonyl (C=O) groups is 3. The molecule has 0 aromatic carbocycles. The van der Waals surface area contributed by atoms with Crippen molar-refractivity contribution >= 4 is 17.9 Å². The van der Waals surface area contributed by atoms with Gasteiger partial charge in [0.05, 0.1) is 11.2 Å². The minimum absolute atomic E-state index is 0.0207. The Morgan fingerprint density at radius 1 is 0.583 bits per heavy atom. The number of nitrogens with zero attached hydrogens (tertiary/aromatic N) is 1. The van der Waals surface area contributed by atoms with Gasteiger partial charge in [0.2, 0.25) is 11.8 Å². The van der Waals surface area contributed by atoms with E-state index in [1.165, 1.54) is 0 Å². The molecule has 48 heavy (non-hydrogen) atoms. The van der Waals surface area contributed by atoms with Gasteiger partial charge in [0, 0.05) is 48.7 Å². The molecular formula is C39H77N3O6. The van der Waals surface area contributed by atoms with Crippen LogP contribution >= 0.6 is 0 Å². The van der Waals surface area contributed by atoms with Crippen LogP contribution in [0.15, 0.2) is 0 Å². The first-order valence-corrected chi connectivity index (χ1v) is 18.2. The third-order valence-electron chi connectivity index (χ3n) is 8.92. The standard InChI is InChI=1S/C39H77N3O6/c1-29(2)42(31(44)36(11,12)20-19-33(3,4)5)37(13,14)24-28-47-38(15,16)21-25-40-30(43)35(9,10)23-27-46-39(17,18)22-26-41-32(45)48-34(6,7)8/h29H,19-28H2,1-18H3,(H,40,43)(H,41,45). The van der Waals surface area contributed by atoms with Gasteiger partial charge in [-0.25, -0.2) is 4.79 Å². The summed E-state index contributed by atoms with van der Waals surface area (Å²) in [6.45, 7) is 38.5. The highest BCUT2D eigenvalue weighted by molar-refractivity contribution is 5.83. The molecule has 2 N–H and O–H groups in total. The quantitative estimate of drug-likeness (QED) is 0.133. The molecule has 0 bridgehead atoms. The van der Waals surface area contributed by atoms with E-state index >= 15 is 0 Å². The second-order valence-corrected chi connectivity index (χ2v) is 19.3. The van der Waals surface area contributed by atoms with Gasteiger partial charge in [-0.3, -0.25) is 9.59 Å². The molecule has 0 aliphatic rings. The average Bonchev–Trinajstić information content (AvgIpc) is 2.84. The monoisotopic (exact) mass is 684 g/mol. The summed E-state index contributed by atoms with van der Waals surface area (Å²) in [7, 11) is 0. The Hall–Kier alpha value is -1.87. The maximum absolute atomic E-state index is 13.9. The van der Waals surface area contributed by atoms with Crippen LogP contribution in [0.4, 0.5) is 4.79 Å². The normalized spacial score (nSPS) is 13.8. The van der Waals surface area contributed by atoms with E-state index in [-0.39, 0.29) is 28.8 Å². The topological polar surface area (TPSA) is 106 Å². The Morgan fingerprint density at radius 2 is 1.04 bits per heavy atom. The van der Waals surface area contributed by atoms with Crippen molar-refractivity contribution in [2.24, 2.45) is 16.2 Å². The number of hydrogen-bond acceptors (Lipinski definition) is 6. The predicted octanol–water partition coefficient (Wildman–Crippen LogP) is 8.67. The first-order valence-electron chi connectivity index (χ1n) is 18.2. The molecule has 284 valence electrons. The fourth-order valence-electron chi connectivity index (χ4n) is 5.36. The number of hydrogen-bond donors (Lipinski definition) is 2. The van der Waals surface area contributed by atoms with Crippen molar-refractivity contribution in [3.8, 4) is 0 Å². The molecule has 0 radical (unpaired) electrons.